The number of ether oxygens (including phenoxy) is 1. The van der Waals surface area contributed by atoms with Crippen LogP contribution in [0.25, 0.3) is 0 Å². The molecule has 0 radical (unpaired) electrons. The number of nitrogens with zero attached hydrogens (tertiary/aromatic N) is 1. The number of carbonyl (C=O) groups excluding carboxylic acids is 1. The Morgan fingerprint density at radius 2 is 1.93 bits per heavy atom. The number of hydrogen-bond acceptors (Lipinski definition) is 4. The summed E-state index contributed by atoms with van der Waals surface area (Å²) in [6.07, 6.45) is 0. The number of hydrogen-bond donors (Lipinski definition) is 2. The lowest BCUT2D eigenvalue weighted by Crippen LogP contribution is -3.14. The van der Waals surface area contributed by atoms with Crippen molar-refractivity contribution < 1.29 is 19.4 Å². The highest BCUT2D eigenvalue weighted by Gasteiger charge is 2.26. The lowest BCUT2D eigenvalue weighted by molar-refractivity contribution is -0.909. The van der Waals surface area contributed by atoms with Crippen molar-refractivity contribution in [2.45, 2.75) is 6.04 Å². The zero-order valence-corrected chi connectivity index (χ0v) is 15.4. The third kappa shape index (κ3) is 5.03. The summed E-state index contributed by atoms with van der Waals surface area (Å²) in [6.45, 7) is 3.78. The van der Waals surface area contributed by atoms with Crippen molar-refractivity contribution in [1.29, 1.82) is 0 Å². The molecule has 0 unspecified atom stereocenters. The van der Waals surface area contributed by atoms with E-state index in [1.807, 2.05) is 30.3 Å². The molecule has 3 rings (SSSR count). The number of rotatable bonds is 6. The van der Waals surface area contributed by atoms with Crippen LogP contribution in [0, 0.1) is 10.1 Å². The van der Waals surface area contributed by atoms with Gasteiger partial charge in [0.25, 0.3) is 11.6 Å². The van der Waals surface area contributed by atoms with Crippen LogP contribution in [-0.4, -0.2) is 43.7 Å². The van der Waals surface area contributed by atoms with Crippen molar-refractivity contribution in [3.63, 3.8) is 0 Å². The number of nitro benzene ring substituents is 1. The van der Waals surface area contributed by atoms with Crippen LogP contribution in [0.15, 0.2) is 48.5 Å². The van der Waals surface area contributed by atoms with E-state index in [1.165, 1.54) is 23.1 Å². The Morgan fingerprint density at radius 1 is 1.22 bits per heavy atom. The maximum atomic E-state index is 12.8. The van der Waals surface area contributed by atoms with E-state index in [1.54, 1.807) is 0 Å². The van der Waals surface area contributed by atoms with E-state index in [2.05, 4.69) is 5.32 Å². The molecular weight excluding hydrogens is 370 g/mol. The summed E-state index contributed by atoms with van der Waals surface area (Å²) in [5.74, 6) is -0.486. The molecule has 1 aliphatic heterocycles. The zero-order valence-electron chi connectivity index (χ0n) is 14.7. The van der Waals surface area contributed by atoms with E-state index >= 15 is 0 Å². The van der Waals surface area contributed by atoms with Crippen molar-refractivity contribution in [3.8, 4) is 0 Å². The van der Waals surface area contributed by atoms with Crippen LogP contribution in [0.5, 0.6) is 0 Å². The molecule has 1 fully saturated rings. The van der Waals surface area contributed by atoms with Gasteiger partial charge in [0.15, 0.2) is 0 Å². The molecule has 2 N–H and O–H groups in total. The molecule has 142 valence electrons. The minimum Gasteiger partial charge on any atom is -0.370 e. The smallest absolute Gasteiger partial charge is 0.283 e. The normalized spacial score (nSPS) is 15.9. The molecule has 0 aliphatic carbocycles. The standard InChI is InChI=1S/C19H20ClN3O4/c20-15-6-7-16(18(12-15)23(25)26)19(24)21-17(14-4-2-1-3-5-14)13-22-8-10-27-11-9-22/h1-7,12,17H,8-11,13H2,(H,21,24)/p+1/t17-/m1/s1. The van der Waals surface area contributed by atoms with Crippen molar-refractivity contribution in [3.05, 3.63) is 74.8 Å². The molecule has 1 amide bonds. The second-order valence-corrected chi connectivity index (χ2v) is 6.86. The number of morpholine rings is 1. The van der Waals surface area contributed by atoms with E-state index in [-0.39, 0.29) is 22.3 Å². The summed E-state index contributed by atoms with van der Waals surface area (Å²) in [6, 6.07) is 13.4. The average Bonchev–Trinajstić information content (AvgIpc) is 2.68. The maximum Gasteiger partial charge on any atom is 0.283 e. The highest BCUT2D eigenvalue weighted by molar-refractivity contribution is 6.31. The highest BCUT2D eigenvalue weighted by Crippen LogP contribution is 2.24. The molecule has 2 aromatic carbocycles. The molecule has 1 heterocycles. The minimum atomic E-state index is -0.592. The quantitative estimate of drug-likeness (QED) is 0.580. The largest absolute Gasteiger partial charge is 0.370 e. The topological polar surface area (TPSA) is 85.9 Å². The Kier molecular flexibility index (Phi) is 6.39. The predicted octanol–water partition coefficient (Wildman–Crippen LogP) is 1.63. The summed E-state index contributed by atoms with van der Waals surface area (Å²) in [4.78, 5) is 24.8. The van der Waals surface area contributed by atoms with Crippen LogP contribution in [0.3, 0.4) is 0 Å². The van der Waals surface area contributed by atoms with E-state index in [9.17, 15) is 14.9 Å². The summed E-state index contributed by atoms with van der Waals surface area (Å²) in [5, 5.41) is 14.5. The minimum absolute atomic E-state index is 0.00214. The Bertz CT molecular complexity index is 810. The van der Waals surface area contributed by atoms with Gasteiger partial charge in [0, 0.05) is 11.1 Å². The molecule has 0 saturated carbocycles. The first-order chi connectivity index (χ1) is 13.0. The Morgan fingerprint density at radius 3 is 2.59 bits per heavy atom. The summed E-state index contributed by atoms with van der Waals surface area (Å²) in [5.41, 5.74) is 0.661. The number of halogens is 1. The van der Waals surface area contributed by atoms with Gasteiger partial charge < -0.3 is 15.0 Å². The van der Waals surface area contributed by atoms with Gasteiger partial charge in [0.05, 0.1) is 18.1 Å². The van der Waals surface area contributed by atoms with Gasteiger partial charge >= 0.3 is 0 Å². The number of benzene rings is 2. The van der Waals surface area contributed by atoms with Crippen LogP contribution in [0.2, 0.25) is 5.02 Å². The van der Waals surface area contributed by atoms with Crippen molar-refractivity contribution >= 4 is 23.2 Å². The molecule has 0 aromatic heterocycles. The molecule has 27 heavy (non-hydrogen) atoms. The first kappa shape index (κ1) is 19.3. The Hall–Kier alpha value is -2.48. The van der Waals surface area contributed by atoms with Crippen molar-refractivity contribution in [2.75, 3.05) is 32.8 Å². The van der Waals surface area contributed by atoms with Gasteiger partial charge in [-0.3, -0.25) is 14.9 Å². The number of nitro groups is 1. The average molecular weight is 391 g/mol. The summed E-state index contributed by atoms with van der Waals surface area (Å²) >= 11 is 5.84. The van der Waals surface area contributed by atoms with Crippen LogP contribution in [0.4, 0.5) is 5.69 Å². The Balaban J connectivity index is 1.83. The van der Waals surface area contributed by atoms with Crippen molar-refractivity contribution in [1.82, 2.24) is 5.32 Å². The predicted molar refractivity (Wildman–Crippen MR) is 101 cm³/mol. The first-order valence-electron chi connectivity index (χ1n) is 8.75. The van der Waals surface area contributed by atoms with Gasteiger partial charge in [-0.1, -0.05) is 41.9 Å². The van der Waals surface area contributed by atoms with E-state index in [0.717, 1.165) is 18.7 Å². The monoisotopic (exact) mass is 390 g/mol. The Labute approximate surface area is 162 Å². The maximum absolute atomic E-state index is 12.8. The first-order valence-corrected chi connectivity index (χ1v) is 9.13. The fraction of sp³-hybridized carbons (Fsp3) is 0.316. The summed E-state index contributed by atoms with van der Waals surface area (Å²) < 4.78 is 5.40. The third-order valence-corrected chi connectivity index (χ3v) is 4.84. The lowest BCUT2D eigenvalue weighted by Gasteiger charge is -2.28. The van der Waals surface area contributed by atoms with Crippen LogP contribution < -0.4 is 10.2 Å². The van der Waals surface area contributed by atoms with E-state index < -0.39 is 10.8 Å². The van der Waals surface area contributed by atoms with Crippen LogP contribution in [0.1, 0.15) is 22.0 Å². The fourth-order valence-electron chi connectivity index (χ4n) is 3.17. The molecule has 8 heteroatoms. The third-order valence-electron chi connectivity index (χ3n) is 4.60. The second kappa shape index (κ2) is 8.94. The number of amides is 1. The molecule has 0 spiro atoms. The SMILES string of the molecule is O=C(N[C@H](C[NH+]1CCOCC1)c1ccccc1)c1ccc(Cl)cc1[N+](=O)[O-]. The molecule has 1 saturated heterocycles. The van der Waals surface area contributed by atoms with E-state index in [0.29, 0.717) is 19.8 Å². The second-order valence-electron chi connectivity index (χ2n) is 6.42. The lowest BCUT2D eigenvalue weighted by atomic mass is 10.0. The van der Waals surface area contributed by atoms with Crippen LogP contribution in [-0.2, 0) is 4.74 Å². The number of quaternary nitrogens is 1. The summed E-state index contributed by atoms with van der Waals surface area (Å²) in [7, 11) is 0. The van der Waals surface area contributed by atoms with Gasteiger partial charge in [-0.05, 0) is 17.7 Å². The molecule has 2 aromatic rings. The van der Waals surface area contributed by atoms with Gasteiger partial charge in [-0.15, -0.1) is 0 Å². The van der Waals surface area contributed by atoms with Gasteiger partial charge in [-0.2, -0.15) is 0 Å². The van der Waals surface area contributed by atoms with Crippen molar-refractivity contribution in [2.24, 2.45) is 0 Å². The van der Waals surface area contributed by atoms with E-state index in [4.69, 9.17) is 16.3 Å². The molecule has 1 atom stereocenters. The van der Waals surface area contributed by atoms with Crippen LogP contribution >= 0.6 is 11.6 Å². The highest BCUT2D eigenvalue weighted by atomic mass is 35.5. The van der Waals surface area contributed by atoms with Gasteiger partial charge in [0.1, 0.15) is 31.2 Å². The molecule has 1 aliphatic rings. The zero-order chi connectivity index (χ0) is 19.2. The fourth-order valence-corrected chi connectivity index (χ4v) is 3.34. The number of nitrogens with one attached hydrogen (secondary N) is 2. The molecule has 7 nitrogen and oxygen atoms in total. The van der Waals surface area contributed by atoms with Gasteiger partial charge in [0.2, 0.25) is 0 Å². The molecule has 0 bridgehead atoms. The van der Waals surface area contributed by atoms with Gasteiger partial charge in [-0.25, -0.2) is 0 Å². The molecular formula is C19H21ClN3O4+. The number of carbonyl (C=O) groups is 1.